The van der Waals surface area contributed by atoms with Gasteiger partial charge in [-0.15, -0.1) is 0 Å². The third kappa shape index (κ3) is 5.23. The van der Waals surface area contributed by atoms with E-state index < -0.39 is 0 Å². The topological polar surface area (TPSA) is 55.4 Å². The summed E-state index contributed by atoms with van der Waals surface area (Å²) in [4.78, 5) is 23.9. The number of rotatable bonds is 7. The van der Waals surface area contributed by atoms with Crippen molar-refractivity contribution in [1.29, 1.82) is 0 Å². The number of carbonyl (C=O) groups is 2. The molecule has 2 aromatic carbocycles. The summed E-state index contributed by atoms with van der Waals surface area (Å²) in [7, 11) is 0. The number of benzene rings is 2. The minimum absolute atomic E-state index is 0.0519. The molecule has 0 saturated heterocycles. The average molecular weight is 325 g/mol. The van der Waals surface area contributed by atoms with Gasteiger partial charge in [0.2, 0.25) is 5.91 Å². The van der Waals surface area contributed by atoms with Crippen molar-refractivity contribution < 1.29 is 14.3 Å². The van der Waals surface area contributed by atoms with Gasteiger partial charge in [0.1, 0.15) is 5.75 Å². The van der Waals surface area contributed by atoms with Gasteiger partial charge in [-0.1, -0.05) is 44.2 Å². The predicted molar refractivity (Wildman–Crippen MR) is 95.6 cm³/mol. The Hall–Kier alpha value is -2.62. The molecular formula is C20H23NO3. The molecule has 0 radical (unpaired) electrons. The van der Waals surface area contributed by atoms with E-state index in [0.29, 0.717) is 29.5 Å². The fourth-order valence-corrected chi connectivity index (χ4v) is 2.20. The van der Waals surface area contributed by atoms with Gasteiger partial charge in [-0.3, -0.25) is 9.59 Å². The molecule has 1 N–H and O–H groups in total. The van der Waals surface area contributed by atoms with Crippen LogP contribution in [0.3, 0.4) is 0 Å². The summed E-state index contributed by atoms with van der Waals surface area (Å²) >= 11 is 0. The second-order valence-corrected chi connectivity index (χ2v) is 6.18. The predicted octanol–water partition coefficient (Wildman–Crippen LogP) is 4.11. The van der Waals surface area contributed by atoms with Crippen LogP contribution in [0.1, 0.15) is 36.7 Å². The van der Waals surface area contributed by atoms with E-state index in [-0.39, 0.29) is 18.1 Å². The standard InChI is InChI=1S/C20H23NO3/c1-14(2)13-24-19-10-9-17(15(3)22)12-18(19)21-20(23)11-16-7-5-4-6-8-16/h4-10,12,14H,11,13H2,1-3H3,(H,21,23). The van der Waals surface area contributed by atoms with Crippen LogP contribution in [-0.4, -0.2) is 18.3 Å². The Kier molecular flexibility index (Phi) is 6.13. The molecule has 0 aromatic heterocycles. The van der Waals surface area contributed by atoms with Gasteiger partial charge in [0.25, 0.3) is 0 Å². The van der Waals surface area contributed by atoms with E-state index in [9.17, 15) is 9.59 Å². The molecule has 24 heavy (non-hydrogen) atoms. The molecule has 0 aliphatic rings. The molecule has 0 unspecified atom stereocenters. The van der Waals surface area contributed by atoms with E-state index >= 15 is 0 Å². The maximum Gasteiger partial charge on any atom is 0.228 e. The Balaban J connectivity index is 2.17. The number of nitrogens with one attached hydrogen (secondary N) is 1. The van der Waals surface area contributed by atoms with E-state index in [0.717, 1.165) is 5.56 Å². The van der Waals surface area contributed by atoms with Gasteiger partial charge in [-0.25, -0.2) is 0 Å². The quantitative estimate of drug-likeness (QED) is 0.780. The molecule has 4 nitrogen and oxygen atoms in total. The van der Waals surface area contributed by atoms with Gasteiger partial charge in [-0.2, -0.15) is 0 Å². The lowest BCUT2D eigenvalue weighted by Crippen LogP contribution is -2.16. The molecule has 0 fully saturated rings. The lowest BCUT2D eigenvalue weighted by molar-refractivity contribution is -0.115. The van der Waals surface area contributed by atoms with Gasteiger partial charge >= 0.3 is 0 Å². The summed E-state index contributed by atoms with van der Waals surface area (Å²) < 4.78 is 5.76. The largest absolute Gasteiger partial charge is 0.491 e. The van der Waals surface area contributed by atoms with Crippen LogP contribution in [0.4, 0.5) is 5.69 Å². The maximum atomic E-state index is 12.3. The van der Waals surface area contributed by atoms with Gasteiger partial charge in [0.05, 0.1) is 18.7 Å². The smallest absolute Gasteiger partial charge is 0.228 e. The van der Waals surface area contributed by atoms with Crippen LogP contribution in [0, 0.1) is 5.92 Å². The molecule has 2 aromatic rings. The van der Waals surface area contributed by atoms with E-state index in [4.69, 9.17) is 4.74 Å². The molecular weight excluding hydrogens is 302 g/mol. The minimum atomic E-state index is -0.142. The first-order valence-electron chi connectivity index (χ1n) is 8.07. The Bertz CT molecular complexity index is 708. The number of hydrogen-bond acceptors (Lipinski definition) is 3. The first kappa shape index (κ1) is 17.7. The van der Waals surface area contributed by atoms with E-state index in [1.807, 2.05) is 30.3 Å². The van der Waals surface area contributed by atoms with Crippen LogP contribution in [-0.2, 0) is 11.2 Å². The molecule has 0 heterocycles. The van der Waals surface area contributed by atoms with Crippen LogP contribution >= 0.6 is 0 Å². The Morgan fingerprint density at radius 3 is 2.42 bits per heavy atom. The number of amides is 1. The normalized spacial score (nSPS) is 10.5. The molecule has 0 aliphatic heterocycles. The third-order valence-corrected chi connectivity index (χ3v) is 3.44. The first-order valence-corrected chi connectivity index (χ1v) is 8.07. The second-order valence-electron chi connectivity index (χ2n) is 6.18. The molecule has 2 rings (SSSR count). The molecule has 4 heteroatoms. The van der Waals surface area contributed by atoms with E-state index in [1.54, 1.807) is 18.2 Å². The van der Waals surface area contributed by atoms with Crippen molar-refractivity contribution in [3.8, 4) is 5.75 Å². The van der Waals surface area contributed by atoms with Crippen LogP contribution in [0.5, 0.6) is 5.75 Å². The summed E-state index contributed by atoms with van der Waals surface area (Å²) in [6.45, 7) is 6.15. The number of Topliss-reactive ketones (excluding diaryl/α,β-unsaturated/α-hetero) is 1. The SMILES string of the molecule is CC(=O)c1ccc(OCC(C)C)c(NC(=O)Cc2ccccc2)c1. The number of carbonyl (C=O) groups excluding carboxylic acids is 2. The number of hydrogen-bond donors (Lipinski definition) is 1. The lowest BCUT2D eigenvalue weighted by atomic mass is 10.1. The highest BCUT2D eigenvalue weighted by atomic mass is 16.5. The summed E-state index contributed by atoms with van der Waals surface area (Å²) in [5, 5.41) is 2.86. The van der Waals surface area contributed by atoms with Gasteiger partial charge in [-0.05, 0) is 36.6 Å². The fourth-order valence-electron chi connectivity index (χ4n) is 2.20. The van der Waals surface area contributed by atoms with Crippen molar-refractivity contribution in [2.75, 3.05) is 11.9 Å². The molecule has 1 amide bonds. The number of ketones is 1. The highest BCUT2D eigenvalue weighted by molar-refractivity contribution is 5.98. The first-order chi connectivity index (χ1) is 11.5. The van der Waals surface area contributed by atoms with E-state index in [1.165, 1.54) is 6.92 Å². The monoisotopic (exact) mass is 325 g/mol. The fraction of sp³-hybridized carbons (Fsp3) is 0.300. The zero-order valence-corrected chi connectivity index (χ0v) is 14.3. The Labute approximate surface area is 142 Å². The maximum absolute atomic E-state index is 12.3. The molecule has 0 atom stereocenters. The van der Waals surface area contributed by atoms with Crippen LogP contribution < -0.4 is 10.1 Å². The van der Waals surface area contributed by atoms with Crippen LogP contribution in [0.15, 0.2) is 48.5 Å². The zero-order valence-electron chi connectivity index (χ0n) is 14.3. The highest BCUT2D eigenvalue weighted by Gasteiger charge is 2.12. The van der Waals surface area contributed by atoms with Crippen molar-refractivity contribution >= 4 is 17.4 Å². The summed E-state index contributed by atoms with van der Waals surface area (Å²) in [5.41, 5.74) is 2.01. The lowest BCUT2D eigenvalue weighted by Gasteiger charge is -2.15. The third-order valence-electron chi connectivity index (χ3n) is 3.44. The van der Waals surface area contributed by atoms with Crippen molar-refractivity contribution in [2.45, 2.75) is 27.2 Å². The van der Waals surface area contributed by atoms with Crippen LogP contribution in [0.2, 0.25) is 0 Å². The van der Waals surface area contributed by atoms with Crippen LogP contribution in [0.25, 0.3) is 0 Å². The minimum Gasteiger partial charge on any atom is -0.491 e. The highest BCUT2D eigenvalue weighted by Crippen LogP contribution is 2.27. The summed E-state index contributed by atoms with van der Waals surface area (Å²) in [6.07, 6.45) is 0.273. The molecule has 0 bridgehead atoms. The van der Waals surface area contributed by atoms with E-state index in [2.05, 4.69) is 19.2 Å². The summed E-state index contributed by atoms with van der Waals surface area (Å²) in [6, 6.07) is 14.6. The Morgan fingerprint density at radius 1 is 1.08 bits per heavy atom. The molecule has 0 aliphatic carbocycles. The van der Waals surface area contributed by atoms with Gasteiger partial charge in [0, 0.05) is 5.56 Å². The summed E-state index contributed by atoms with van der Waals surface area (Å²) in [5.74, 6) is 0.751. The van der Waals surface area contributed by atoms with Crippen molar-refractivity contribution in [3.05, 3.63) is 59.7 Å². The Morgan fingerprint density at radius 2 is 1.79 bits per heavy atom. The van der Waals surface area contributed by atoms with Crippen molar-refractivity contribution in [2.24, 2.45) is 5.92 Å². The molecule has 0 spiro atoms. The van der Waals surface area contributed by atoms with Crippen molar-refractivity contribution in [3.63, 3.8) is 0 Å². The second kappa shape index (κ2) is 8.29. The average Bonchev–Trinajstić information content (AvgIpc) is 2.54. The van der Waals surface area contributed by atoms with Crippen molar-refractivity contribution in [1.82, 2.24) is 0 Å². The van der Waals surface area contributed by atoms with Gasteiger partial charge < -0.3 is 10.1 Å². The van der Waals surface area contributed by atoms with Gasteiger partial charge in [0.15, 0.2) is 5.78 Å². The zero-order chi connectivity index (χ0) is 17.5. The number of ether oxygens (including phenoxy) is 1. The molecule has 126 valence electrons. The number of anilines is 1. The molecule has 0 saturated carbocycles.